The third-order valence-corrected chi connectivity index (χ3v) is 10.3. The molecule has 23 heteroatoms. The highest BCUT2D eigenvalue weighted by atomic mass is 31.3. The molecule has 3 heterocycles. The third-order valence-electron chi connectivity index (χ3n) is 6.51. The van der Waals surface area contributed by atoms with Gasteiger partial charge in [-0.1, -0.05) is 26.0 Å². The van der Waals surface area contributed by atoms with Gasteiger partial charge in [-0.05, 0) is 12.0 Å². The number of nitrogens with zero attached hydrogens (tertiary/aromatic N) is 4. The number of para-hydroxylation sites is 1. The lowest BCUT2D eigenvalue weighted by Gasteiger charge is -2.22. The van der Waals surface area contributed by atoms with Crippen molar-refractivity contribution in [3.05, 3.63) is 58.0 Å². The maximum Gasteiger partial charge on any atom is 0.490 e. The number of rotatable bonds is 14. The Hall–Kier alpha value is -2.67. The summed E-state index contributed by atoms with van der Waals surface area (Å²) in [6.45, 7) is 2.75. The van der Waals surface area contributed by atoms with Crippen molar-refractivity contribution in [2.75, 3.05) is 12.3 Å². The van der Waals surface area contributed by atoms with Crippen LogP contribution in [0.2, 0.25) is 0 Å². The Morgan fingerprint density at radius 1 is 1.13 bits per heavy atom. The summed E-state index contributed by atoms with van der Waals surface area (Å²) >= 11 is 0. The molecule has 1 aromatic carbocycles. The van der Waals surface area contributed by atoms with Crippen LogP contribution in [0.25, 0.3) is 11.0 Å². The number of aliphatic hydroxyl groups is 1. The number of ether oxygens (including phenoxy) is 2. The van der Waals surface area contributed by atoms with Gasteiger partial charge >= 0.3 is 23.5 Å². The lowest BCUT2D eigenvalue weighted by molar-refractivity contribution is -0.386. The zero-order valence-corrected chi connectivity index (χ0v) is 26.2. The van der Waals surface area contributed by atoms with Crippen LogP contribution in [0.1, 0.15) is 43.7 Å². The molecule has 3 aromatic rings. The van der Waals surface area contributed by atoms with Crippen molar-refractivity contribution in [1.82, 2.24) is 14.5 Å². The topological polar surface area (TPSA) is 298 Å². The van der Waals surface area contributed by atoms with Crippen molar-refractivity contribution < 1.29 is 65.9 Å². The van der Waals surface area contributed by atoms with Crippen LogP contribution in [0.15, 0.2) is 36.8 Å². The summed E-state index contributed by atoms with van der Waals surface area (Å²) in [6, 6.07) is 6.22. The van der Waals surface area contributed by atoms with E-state index in [0.717, 1.165) is 0 Å². The van der Waals surface area contributed by atoms with Crippen LogP contribution in [-0.4, -0.2) is 63.0 Å². The van der Waals surface area contributed by atoms with Crippen molar-refractivity contribution in [2.24, 2.45) is 5.92 Å². The van der Waals surface area contributed by atoms with Crippen LogP contribution >= 0.6 is 23.5 Å². The van der Waals surface area contributed by atoms with Crippen molar-refractivity contribution in [3.8, 4) is 0 Å². The molecule has 1 saturated heterocycles. The smallest absolute Gasteiger partial charge is 0.390 e. The molecule has 0 bridgehead atoms. The number of nitro groups is 1. The molecule has 0 radical (unpaired) electrons. The second kappa shape index (κ2) is 13.6. The van der Waals surface area contributed by atoms with Crippen molar-refractivity contribution in [2.45, 2.75) is 51.4 Å². The van der Waals surface area contributed by atoms with E-state index in [0.29, 0.717) is 16.5 Å². The van der Waals surface area contributed by atoms with Crippen LogP contribution in [0.5, 0.6) is 0 Å². The SMILES string of the molecule is CC(C)[C@@H](OCc1cn([C@H]2C[C@H](O)[C@@H](COP(=O)(O)OP(=O)(O)OP(=O)(O)O)O2)c2ncnc(N)c12)c1ccccc1[N+](=O)[O-]. The first-order valence-electron chi connectivity index (χ1n) is 12.9. The van der Waals surface area contributed by atoms with Gasteiger partial charge in [0, 0.05) is 24.2 Å². The Bertz CT molecular complexity index is 1700. The number of nitrogen functional groups attached to an aromatic ring is 1. The molecule has 2 aromatic heterocycles. The molecule has 20 nitrogen and oxygen atoms in total. The molecule has 4 rings (SSSR count). The Labute approximate surface area is 254 Å². The van der Waals surface area contributed by atoms with Gasteiger partial charge in [0.15, 0.2) is 0 Å². The molecule has 0 aliphatic carbocycles. The van der Waals surface area contributed by atoms with Crippen LogP contribution < -0.4 is 5.73 Å². The van der Waals surface area contributed by atoms with Gasteiger partial charge in [-0.2, -0.15) is 8.62 Å². The second-order valence-electron chi connectivity index (χ2n) is 10.1. The monoisotopic (exact) mass is 697 g/mol. The molecule has 248 valence electrons. The molecule has 2 unspecified atom stereocenters. The van der Waals surface area contributed by atoms with Crippen LogP contribution in [0.4, 0.5) is 11.5 Å². The number of hydrogen-bond acceptors (Lipinski definition) is 14. The van der Waals surface area contributed by atoms with E-state index in [-0.39, 0.29) is 36.1 Å². The highest BCUT2D eigenvalue weighted by Crippen LogP contribution is 2.66. The minimum Gasteiger partial charge on any atom is -0.390 e. The normalized spacial score (nSPS) is 22.4. The Morgan fingerprint density at radius 3 is 2.47 bits per heavy atom. The van der Waals surface area contributed by atoms with Gasteiger partial charge < -0.3 is 44.5 Å². The molecule has 0 spiro atoms. The standard InChI is InChI=1S/C22H30N5O15P3/c1-12(2)20(14-5-3-4-6-15(14)27(29)30)38-9-13-8-26(22-19(13)21(23)24-11-25-22)18-7-16(28)17(40-18)10-39-44(34,35)42-45(36,37)41-43(31,32)33/h3-6,8,11-12,16-18,20,28H,7,9-10H2,1-2H3,(H,34,35)(H,36,37)(H2,23,24,25)(H2,31,32,33)/t16-,17+,18+,20+/m0/s1. The third kappa shape index (κ3) is 8.78. The van der Waals surface area contributed by atoms with Crippen molar-refractivity contribution in [1.29, 1.82) is 0 Å². The van der Waals surface area contributed by atoms with E-state index in [2.05, 4.69) is 23.1 Å². The number of phosphoric ester groups is 1. The van der Waals surface area contributed by atoms with Crippen molar-refractivity contribution >= 4 is 46.0 Å². The lowest BCUT2D eigenvalue weighted by Crippen LogP contribution is -2.26. The predicted molar refractivity (Wildman–Crippen MR) is 152 cm³/mol. The average Bonchev–Trinajstić information content (AvgIpc) is 3.46. The molecule has 0 amide bonds. The maximum atomic E-state index is 12.1. The summed E-state index contributed by atoms with van der Waals surface area (Å²) in [5.74, 6) is -0.0800. The number of fused-ring (bicyclic) bond motifs is 1. The molecule has 45 heavy (non-hydrogen) atoms. The fourth-order valence-corrected chi connectivity index (χ4v) is 7.77. The first-order valence-corrected chi connectivity index (χ1v) is 17.5. The number of nitro benzene ring substituents is 1. The molecular weight excluding hydrogens is 667 g/mol. The maximum absolute atomic E-state index is 12.1. The first-order chi connectivity index (χ1) is 20.9. The lowest BCUT2D eigenvalue weighted by atomic mass is 9.97. The Balaban J connectivity index is 1.52. The average molecular weight is 697 g/mol. The minimum atomic E-state index is -5.73. The van der Waals surface area contributed by atoms with E-state index in [4.69, 9.17) is 25.0 Å². The summed E-state index contributed by atoms with van der Waals surface area (Å²) in [4.78, 5) is 55.8. The Morgan fingerprint density at radius 2 is 1.82 bits per heavy atom. The summed E-state index contributed by atoms with van der Waals surface area (Å²) in [5, 5.41) is 22.6. The van der Waals surface area contributed by atoms with Gasteiger partial charge in [-0.15, -0.1) is 0 Å². The van der Waals surface area contributed by atoms with E-state index in [1.54, 1.807) is 24.4 Å². The highest BCUT2D eigenvalue weighted by molar-refractivity contribution is 7.66. The number of nitrogens with two attached hydrogens (primary N) is 1. The number of anilines is 1. The van der Waals surface area contributed by atoms with Crippen LogP contribution in [0, 0.1) is 16.0 Å². The molecule has 1 aliphatic rings. The number of aliphatic hydroxyl groups excluding tert-OH is 1. The fourth-order valence-electron chi connectivity index (χ4n) is 4.74. The quantitative estimate of drug-likeness (QED) is 0.0801. The van der Waals surface area contributed by atoms with E-state index in [1.807, 2.05) is 13.8 Å². The van der Waals surface area contributed by atoms with Gasteiger partial charge in [-0.3, -0.25) is 14.6 Å². The van der Waals surface area contributed by atoms with Gasteiger partial charge in [0.1, 0.15) is 30.1 Å². The Kier molecular flexibility index (Phi) is 10.6. The fraction of sp³-hybridized carbons (Fsp3) is 0.455. The predicted octanol–water partition coefficient (Wildman–Crippen LogP) is 2.83. The molecule has 1 fully saturated rings. The molecular formula is C22H30N5O15P3. The molecule has 1 aliphatic heterocycles. The van der Waals surface area contributed by atoms with E-state index in [1.165, 1.54) is 17.0 Å². The number of aromatic nitrogens is 3. The zero-order valence-electron chi connectivity index (χ0n) is 23.5. The number of hydrogen-bond donors (Lipinski definition) is 6. The molecule has 6 atom stereocenters. The van der Waals surface area contributed by atoms with Gasteiger partial charge in [0.25, 0.3) is 5.69 Å². The first kappa shape index (κ1) is 35.2. The number of benzene rings is 1. The van der Waals surface area contributed by atoms with Gasteiger partial charge in [-0.25, -0.2) is 23.7 Å². The number of phosphoric acid groups is 3. The highest BCUT2D eigenvalue weighted by Gasteiger charge is 2.43. The summed E-state index contributed by atoms with van der Waals surface area (Å²) in [7, 11) is -16.8. The summed E-state index contributed by atoms with van der Waals surface area (Å²) in [6.07, 6.45) is -1.54. The summed E-state index contributed by atoms with van der Waals surface area (Å²) < 4.78 is 59.9. The van der Waals surface area contributed by atoms with E-state index in [9.17, 15) is 38.7 Å². The van der Waals surface area contributed by atoms with Crippen molar-refractivity contribution in [3.63, 3.8) is 0 Å². The second-order valence-corrected chi connectivity index (χ2v) is 14.5. The van der Waals surface area contributed by atoms with Gasteiger partial charge in [0.2, 0.25) is 0 Å². The zero-order chi connectivity index (χ0) is 33.3. The van der Waals surface area contributed by atoms with E-state index >= 15 is 0 Å². The van der Waals surface area contributed by atoms with Crippen LogP contribution in [0.3, 0.4) is 0 Å². The minimum absolute atomic E-state index is 0.0826. The van der Waals surface area contributed by atoms with E-state index < -0.39 is 59.5 Å². The van der Waals surface area contributed by atoms with Crippen LogP contribution in [-0.2, 0) is 42.9 Å². The molecule has 7 N–H and O–H groups in total. The molecule has 0 saturated carbocycles. The largest absolute Gasteiger partial charge is 0.490 e. The van der Waals surface area contributed by atoms with Gasteiger partial charge in [0.05, 0.1) is 41.3 Å². The summed E-state index contributed by atoms with van der Waals surface area (Å²) in [5.41, 5.74) is 7.20.